The lowest BCUT2D eigenvalue weighted by Crippen LogP contribution is -1.97. The molecule has 5 nitrogen and oxygen atoms in total. The van der Waals surface area contributed by atoms with Crippen LogP contribution < -0.4 is 5.32 Å². The molecule has 2 aromatic heterocycles. The molecule has 0 aliphatic carbocycles. The average molecular weight is 181 g/mol. The number of H-pyrrole nitrogens is 1. The number of hydrogen-bond acceptors (Lipinski definition) is 5. The van der Waals surface area contributed by atoms with Gasteiger partial charge in [-0.25, -0.2) is 0 Å². The molecule has 2 heterocycles. The van der Waals surface area contributed by atoms with Crippen LogP contribution in [0.15, 0.2) is 17.9 Å². The van der Waals surface area contributed by atoms with Gasteiger partial charge < -0.3 is 5.32 Å². The van der Waals surface area contributed by atoms with Crippen molar-refractivity contribution in [3.05, 3.63) is 22.9 Å². The quantitative estimate of drug-likeness (QED) is 0.737. The van der Waals surface area contributed by atoms with Crippen LogP contribution in [0, 0.1) is 0 Å². The monoisotopic (exact) mass is 181 g/mol. The lowest BCUT2D eigenvalue weighted by Gasteiger charge is -1.96. The van der Waals surface area contributed by atoms with Crippen LogP contribution in [0.1, 0.15) is 5.01 Å². The van der Waals surface area contributed by atoms with Crippen molar-refractivity contribution in [2.24, 2.45) is 0 Å². The fraction of sp³-hybridized carbons (Fsp3) is 0.167. The molecule has 0 atom stereocenters. The van der Waals surface area contributed by atoms with Gasteiger partial charge in [0.05, 0.1) is 18.4 Å². The van der Waals surface area contributed by atoms with E-state index in [0.29, 0.717) is 6.54 Å². The van der Waals surface area contributed by atoms with Crippen molar-refractivity contribution in [2.45, 2.75) is 6.54 Å². The van der Waals surface area contributed by atoms with Gasteiger partial charge in [0.1, 0.15) is 10.5 Å². The molecule has 0 bridgehead atoms. The Morgan fingerprint density at radius 3 is 3.25 bits per heavy atom. The predicted octanol–water partition coefficient (Wildman–Crippen LogP) is 0.873. The van der Waals surface area contributed by atoms with E-state index in [1.54, 1.807) is 17.9 Å². The van der Waals surface area contributed by atoms with Gasteiger partial charge >= 0.3 is 0 Å². The van der Waals surface area contributed by atoms with Crippen molar-refractivity contribution in [3.63, 3.8) is 0 Å². The molecule has 0 amide bonds. The summed E-state index contributed by atoms with van der Waals surface area (Å²) in [5.41, 5.74) is 2.68. The molecule has 0 aliphatic heterocycles. The predicted molar refractivity (Wildman–Crippen MR) is 45.8 cm³/mol. The van der Waals surface area contributed by atoms with Crippen molar-refractivity contribution in [2.75, 3.05) is 5.32 Å². The molecule has 2 rings (SSSR count). The summed E-state index contributed by atoms with van der Waals surface area (Å²) in [6.07, 6.45) is 3.52. The number of anilines is 1. The zero-order chi connectivity index (χ0) is 8.23. The summed E-state index contributed by atoms with van der Waals surface area (Å²) in [5, 5.41) is 18.2. The van der Waals surface area contributed by atoms with Gasteiger partial charge in [-0.15, -0.1) is 21.5 Å². The van der Waals surface area contributed by atoms with Crippen LogP contribution in [0.5, 0.6) is 0 Å². The zero-order valence-corrected chi connectivity index (χ0v) is 7.01. The first kappa shape index (κ1) is 7.23. The number of hydrogen-bond donors (Lipinski definition) is 2. The standard InChI is InChI=1S/C6H7N5S/c1-5(2-9-8-1)7-3-6-11-10-4-12-6/h1-2,4,7H,3H2,(H,8,9). The Morgan fingerprint density at radius 2 is 2.58 bits per heavy atom. The van der Waals surface area contributed by atoms with Gasteiger partial charge in [0.15, 0.2) is 0 Å². The number of nitrogens with zero attached hydrogens (tertiary/aromatic N) is 3. The van der Waals surface area contributed by atoms with E-state index in [-0.39, 0.29) is 0 Å². The van der Waals surface area contributed by atoms with Crippen LogP contribution in [-0.4, -0.2) is 20.4 Å². The molecule has 12 heavy (non-hydrogen) atoms. The Hall–Kier alpha value is -1.43. The molecule has 6 heteroatoms. The Labute approximate surface area is 72.8 Å². The molecular weight excluding hydrogens is 174 g/mol. The molecule has 0 saturated carbocycles. The molecule has 2 N–H and O–H groups in total. The molecule has 0 aromatic carbocycles. The maximum Gasteiger partial charge on any atom is 0.136 e. The van der Waals surface area contributed by atoms with Crippen molar-refractivity contribution < 1.29 is 0 Å². The van der Waals surface area contributed by atoms with E-state index in [1.165, 1.54) is 11.3 Å². The maximum atomic E-state index is 3.89. The van der Waals surface area contributed by atoms with Crippen LogP contribution >= 0.6 is 11.3 Å². The summed E-state index contributed by atoms with van der Waals surface area (Å²) in [4.78, 5) is 0. The van der Waals surface area contributed by atoms with Gasteiger partial charge in [0.25, 0.3) is 0 Å². The van der Waals surface area contributed by atoms with E-state index in [2.05, 4.69) is 25.7 Å². The molecule has 0 spiro atoms. The Balaban J connectivity index is 1.91. The first-order chi connectivity index (χ1) is 5.95. The van der Waals surface area contributed by atoms with Crippen molar-refractivity contribution >= 4 is 17.0 Å². The van der Waals surface area contributed by atoms with Gasteiger partial charge in [0, 0.05) is 6.20 Å². The molecule has 62 valence electrons. The van der Waals surface area contributed by atoms with E-state index < -0.39 is 0 Å². The first-order valence-corrected chi connectivity index (χ1v) is 4.31. The third-order valence-electron chi connectivity index (χ3n) is 1.35. The third kappa shape index (κ3) is 1.59. The molecule has 0 fully saturated rings. The van der Waals surface area contributed by atoms with E-state index in [0.717, 1.165) is 10.7 Å². The highest BCUT2D eigenvalue weighted by Crippen LogP contribution is 2.06. The van der Waals surface area contributed by atoms with Crippen LogP contribution in [0.25, 0.3) is 0 Å². The highest BCUT2D eigenvalue weighted by Gasteiger charge is 1.96. The second kappa shape index (κ2) is 3.31. The maximum absolute atomic E-state index is 3.89. The highest BCUT2D eigenvalue weighted by molar-refractivity contribution is 7.09. The normalized spacial score (nSPS) is 10.0. The minimum absolute atomic E-state index is 0.699. The number of aromatic nitrogens is 4. The van der Waals surface area contributed by atoms with E-state index in [1.807, 2.05) is 0 Å². The van der Waals surface area contributed by atoms with Gasteiger partial charge in [-0.1, -0.05) is 0 Å². The fourth-order valence-corrected chi connectivity index (χ4v) is 1.26. The van der Waals surface area contributed by atoms with Crippen LogP contribution in [0.2, 0.25) is 0 Å². The lowest BCUT2D eigenvalue weighted by molar-refractivity contribution is 0.990. The second-order valence-electron chi connectivity index (χ2n) is 2.17. The minimum atomic E-state index is 0.699. The smallest absolute Gasteiger partial charge is 0.136 e. The molecule has 0 unspecified atom stereocenters. The summed E-state index contributed by atoms with van der Waals surface area (Å²) in [7, 11) is 0. The van der Waals surface area contributed by atoms with Crippen molar-refractivity contribution in [1.82, 2.24) is 20.4 Å². The van der Waals surface area contributed by atoms with Gasteiger partial charge in [-0.05, 0) is 0 Å². The highest BCUT2D eigenvalue weighted by atomic mass is 32.1. The number of aromatic amines is 1. The summed E-state index contributed by atoms with van der Waals surface area (Å²) in [6.45, 7) is 0.699. The molecule has 0 radical (unpaired) electrons. The van der Waals surface area contributed by atoms with Crippen molar-refractivity contribution in [3.8, 4) is 0 Å². The van der Waals surface area contributed by atoms with Crippen LogP contribution in [0.4, 0.5) is 5.69 Å². The Morgan fingerprint density at radius 1 is 1.58 bits per heavy atom. The molecule has 0 aliphatic rings. The summed E-state index contributed by atoms with van der Waals surface area (Å²) < 4.78 is 0. The SMILES string of the molecule is c1nnc(CNc2cn[nH]c2)s1. The number of nitrogens with one attached hydrogen (secondary N) is 2. The molecule has 0 saturated heterocycles. The summed E-state index contributed by atoms with van der Waals surface area (Å²) >= 11 is 1.53. The van der Waals surface area contributed by atoms with Gasteiger partial charge in [0.2, 0.25) is 0 Å². The lowest BCUT2D eigenvalue weighted by atomic mass is 10.5. The average Bonchev–Trinajstić information content (AvgIpc) is 2.74. The fourth-order valence-electron chi connectivity index (χ4n) is 0.798. The molecular formula is C6H7N5S. The zero-order valence-electron chi connectivity index (χ0n) is 6.19. The van der Waals surface area contributed by atoms with E-state index in [4.69, 9.17) is 0 Å². The van der Waals surface area contributed by atoms with Gasteiger partial charge in [-0.2, -0.15) is 5.10 Å². The largest absolute Gasteiger partial charge is 0.376 e. The van der Waals surface area contributed by atoms with E-state index in [9.17, 15) is 0 Å². The van der Waals surface area contributed by atoms with Crippen molar-refractivity contribution in [1.29, 1.82) is 0 Å². The topological polar surface area (TPSA) is 66.5 Å². The third-order valence-corrected chi connectivity index (χ3v) is 2.04. The summed E-state index contributed by atoms with van der Waals surface area (Å²) in [6, 6.07) is 0. The van der Waals surface area contributed by atoms with Gasteiger partial charge in [-0.3, -0.25) is 5.10 Å². The number of rotatable bonds is 3. The second-order valence-corrected chi connectivity index (χ2v) is 3.09. The first-order valence-electron chi connectivity index (χ1n) is 3.43. The van der Waals surface area contributed by atoms with Crippen LogP contribution in [0.3, 0.4) is 0 Å². The van der Waals surface area contributed by atoms with Crippen LogP contribution in [-0.2, 0) is 6.54 Å². The Bertz CT molecular complexity index is 279. The minimum Gasteiger partial charge on any atom is -0.376 e. The van der Waals surface area contributed by atoms with E-state index >= 15 is 0 Å². The molecule has 2 aromatic rings. The summed E-state index contributed by atoms with van der Waals surface area (Å²) in [5.74, 6) is 0. The Kier molecular flexibility index (Phi) is 2.00.